The number of nitrogens with one attached hydrogen (secondary N) is 1. The van der Waals surface area contributed by atoms with E-state index in [-0.39, 0.29) is 5.91 Å². The van der Waals surface area contributed by atoms with Crippen molar-refractivity contribution >= 4 is 12.0 Å². The Morgan fingerprint density at radius 1 is 1.00 bits per heavy atom. The minimum atomic E-state index is -0.107. The van der Waals surface area contributed by atoms with Gasteiger partial charge >= 0.3 is 0 Å². The Morgan fingerprint density at radius 3 is 2.41 bits per heavy atom. The van der Waals surface area contributed by atoms with Crippen LogP contribution < -0.4 is 5.32 Å². The quantitative estimate of drug-likeness (QED) is 0.671. The fourth-order valence-electron chi connectivity index (χ4n) is 2.98. The van der Waals surface area contributed by atoms with Crippen LogP contribution in [0.2, 0.25) is 0 Å². The lowest BCUT2D eigenvalue weighted by Gasteiger charge is -2.05. The first-order valence-corrected chi connectivity index (χ1v) is 9.12. The third-order valence-corrected chi connectivity index (χ3v) is 4.60. The topological polar surface area (TPSA) is 46.9 Å². The Bertz CT molecular complexity index is 938. The van der Waals surface area contributed by atoms with Gasteiger partial charge in [-0.1, -0.05) is 60.2 Å². The van der Waals surface area contributed by atoms with Gasteiger partial charge in [-0.15, -0.1) is 0 Å². The van der Waals surface area contributed by atoms with Gasteiger partial charge < -0.3 is 5.32 Å². The number of nitrogens with zero attached hydrogens (tertiary/aromatic N) is 2. The zero-order valence-corrected chi connectivity index (χ0v) is 16.1. The first kappa shape index (κ1) is 18.6. The molecule has 0 aliphatic rings. The van der Waals surface area contributed by atoms with E-state index in [0.717, 1.165) is 29.1 Å². The molecule has 0 aliphatic carbocycles. The van der Waals surface area contributed by atoms with Crippen molar-refractivity contribution in [3.63, 3.8) is 0 Å². The van der Waals surface area contributed by atoms with E-state index >= 15 is 0 Å². The first-order chi connectivity index (χ1) is 13.0. The van der Waals surface area contributed by atoms with Crippen LogP contribution in [0.15, 0.2) is 60.7 Å². The van der Waals surface area contributed by atoms with Crippen LogP contribution in [0.1, 0.15) is 33.6 Å². The molecular weight excluding hydrogens is 334 g/mol. The average Bonchev–Trinajstić information content (AvgIpc) is 2.94. The molecule has 0 spiro atoms. The maximum atomic E-state index is 12.1. The molecule has 0 unspecified atom stereocenters. The van der Waals surface area contributed by atoms with E-state index in [2.05, 4.69) is 41.6 Å². The molecule has 27 heavy (non-hydrogen) atoms. The third kappa shape index (κ3) is 4.94. The van der Waals surface area contributed by atoms with Gasteiger partial charge in [0.1, 0.15) is 0 Å². The van der Waals surface area contributed by atoms with Crippen molar-refractivity contribution in [1.82, 2.24) is 15.1 Å². The summed E-state index contributed by atoms with van der Waals surface area (Å²) in [4.78, 5) is 12.1. The summed E-state index contributed by atoms with van der Waals surface area (Å²) in [6, 6.07) is 18.3. The van der Waals surface area contributed by atoms with E-state index < -0.39 is 0 Å². The highest BCUT2D eigenvalue weighted by molar-refractivity contribution is 5.91. The second-order valence-corrected chi connectivity index (χ2v) is 6.76. The maximum absolute atomic E-state index is 12.1. The third-order valence-electron chi connectivity index (χ3n) is 4.60. The fraction of sp³-hybridized carbons (Fsp3) is 0.217. The van der Waals surface area contributed by atoms with E-state index in [1.54, 1.807) is 6.08 Å². The summed E-state index contributed by atoms with van der Waals surface area (Å²) >= 11 is 0. The molecule has 3 aromatic rings. The number of rotatable bonds is 6. The normalized spacial score (nSPS) is 11.1. The summed E-state index contributed by atoms with van der Waals surface area (Å²) in [7, 11) is 0. The highest BCUT2D eigenvalue weighted by Gasteiger charge is 2.10. The van der Waals surface area contributed by atoms with Crippen molar-refractivity contribution in [1.29, 1.82) is 0 Å². The van der Waals surface area contributed by atoms with Gasteiger partial charge in [-0.25, -0.2) is 0 Å². The van der Waals surface area contributed by atoms with Crippen LogP contribution in [0, 0.1) is 20.8 Å². The Kier molecular flexibility index (Phi) is 5.87. The molecule has 138 valence electrons. The Hall–Kier alpha value is -3.14. The summed E-state index contributed by atoms with van der Waals surface area (Å²) in [6.07, 6.45) is 3.43. The molecule has 0 saturated heterocycles. The molecule has 0 aliphatic heterocycles. The Morgan fingerprint density at radius 2 is 1.70 bits per heavy atom. The van der Waals surface area contributed by atoms with Crippen LogP contribution in [0.4, 0.5) is 0 Å². The number of aryl methyl sites for hydroxylation is 2. The van der Waals surface area contributed by atoms with Crippen molar-refractivity contribution in [3.8, 4) is 0 Å². The first-order valence-electron chi connectivity index (χ1n) is 9.12. The summed E-state index contributed by atoms with van der Waals surface area (Å²) in [5.41, 5.74) is 6.51. The molecule has 3 rings (SSSR count). The van der Waals surface area contributed by atoms with Crippen molar-refractivity contribution < 1.29 is 4.79 Å². The molecule has 4 heteroatoms. The lowest BCUT2D eigenvalue weighted by atomic mass is 10.1. The molecule has 1 aromatic heterocycles. The minimum Gasteiger partial charge on any atom is -0.348 e. The zero-order chi connectivity index (χ0) is 19.2. The zero-order valence-electron chi connectivity index (χ0n) is 16.1. The smallest absolute Gasteiger partial charge is 0.244 e. The minimum absolute atomic E-state index is 0.107. The monoisotopic (exact) mass is 359 g/mol. The molecule has 4 nitrogen and oxygen atoms in total. The summed E-state index contributed by atoms with van der Waals surface area (Å²) < 4.78 is 1.99. The molecule has 0 bridgehead atoms. The van der Waals surface area contributed by atoms with Gasteiger partial charge in [-0.05, 0) is 38.0 Å². The van der Waals surface area contributed by atoms with Crippen molar-refractivity contribution in [2.75, 3.05) is 0 Å². The van der Waals surface area contributed by atoms with Gasteiger partial charge in [-0.3, -0.25) is 9.48 Å². The number of benzene rings is 2. The van der Waals surface area contributed by atoms with E-state index in [9.17, 15) is 4.79 Å². The molecular formula is C23H25N3O. The molecule has 0 radical (unpaired) electrons. The second-order valence-electron chi connectivity index (χ2n) is 6.76. The van der Waals surface area contributed by atoms with Gasteiger partial charge in [0.25, 0.3) is 0 Å². The van der Waals surface area contributed by atoms with Crippen LogP contribution in [0.5, 0.6) is 0 Å². The number of hydrogen-bond donors (Lipinski definition) is 1. The summed E-state index contributed by atoms with van der Waals surface area (Å²) in [5.74, 6) is -0.107. The molecule has 1 N–H and O–H groups in total. The number of aromatic nitrogens is 2. The van der Waals surface area contributed by atoms with Gasteiger partial charge in [0, 0.05) is 23.9 Å². The standard InChI is InChI=1S/C23H25N3O/c1-17-9-11-21(12-10-17)16-26-19(3)22(18(2)25-26)13-14-23(27)24-15-20-7-5-4-6-8-20/h4-14H,15-16H2,1-3H3,(H,24,27)/b14-13+. The van der Waals surface area contributed by atoms with Crippen molar-refractivity contribution in [3.05, 3.63) is 94.3 Å². The van der Waals surface area contributed by atoms with Crippen molar-refractivity contribution in [2.24, 2.45) is 0 Å². The lowest BCUT2D eigenvalue weighted by Crippen LogP contribution is -2.20. The van der Waals surface area contributed by atoms with Gasteiger partial charge in [0.15, 0.2) is 0 Å². The lowest BCUT2D eigenvalue weighted by molar-refractivity contribution is -0.116. The predicted octanol–water partition coefficient (Wildman–Crippen LogP) is 4.19. The van der Waals surface area contributed by atoms with Crippen LogP contribution in [0.25, 0.3) is 6.08 Å². The number of carbonyl (C=O) groups excluding carboxylic acids is 1. The molecule has 0 fully saturated rings. The van der Waals surface area contributed by atoms with Crippen LogP contribution >= 0.6 is 0 Å². The molecule has 1 heterocycles. The summed E-state index contributed by atoms with van der Waals surface area (Å²) in [5, 5.41) is 7.54. The van der Waals surface area contributed by atoms with Crippen LogP contribution in [0.3, 0.4) is 0 Å². The van der Waals surface area contributed by atoms with Gasteiger partial charge in [-0.2, -0.15) is 5.10 Å². The van der Waals surface area contributed by atoms with E-state index in [4.69, 9.17) is 0 Å². The fourth-order valence-corrected chi connectivity index (χ4v) is 2.98. The van der Waals surface area contributed by atoms with E-state index in [1.807, 2.05) is 54.9 Å². The van der Waals surface area contributed by atoms with E-state index in [1.165, 1.54) is 11.1 Å². The second kappa shape index (κ2) is 8.49. The highest BCUT2D eigenvalue weighted by Crippen LogP contribution is 2.16. The number of carbonyl (C=O) groups is 1. The molecule has 1 amide bonds. The van der Waals surface area contributed by atoms with Crippen molar-refractivity contribution in [2.45, 2.75) is 33.9 Å². The maximum Gasteiger partial charge on any atom is 0.244 e. The average molecular weight is 359 g/mol. The Labute approximate surface area is 160 Å². The molecule has 0 saturated carbocycles. The largest absolute Gasteiger partial charge is 0.348 e. The molecule has 0 atom stereocenters. The highest BCUT2D eigenvalue weighted by atomic mass is 16.1. The molecule has 2 aromatic carbocycles. The number of hydrogen-bond acceptors (Lipinski definition) is 2. The van der Waals surface area contributed by atoms with Gasteiger partial charge in [0.2, 0.25) is 5.91 Å². The van der Waals surface area contributed by atoms with Gasteiger partial charge in [0.05, 0.1) is 12.2 Å². The van der Waals surface area contributed by atoms with Crippen LogP contribution in [-0.2, 0) is 17.9 Å². The predicted molar refractivity (Wildman–Crippen MR) is 109 cm³/mol. The SMILES string of the molecule is Cc1ccc(Cn2nc(C)c(/C=C/C(=O)NCc3ccccc3)c2C)cc1. The van der Waals surface area contributed by atoms with E-state index in [0.29, 0.717) is 6.54 Å². The Balaban J connectivity index is 1.65. The summed E-state index contributed by atoms with van der Waals surface area (Å²) in [6.45, 7) is 7.34. The van der Waals surface area contributed by atoms with Crippen LogP contribution in [-0.4, -0.2) is 15.7 Å². The number of amides is 1.